The van der Waals surface area contributed by atoms with Gasteiger partial charge in [-0.3, -0.25) is 0 Å². The monoisotopic (exact) mass is 263 g/mol. The standard InChI is InChI=1S/C16H25NO2/c1-5-19-15-7-6-13(10-16(15)18-4)17-14-8-12(9-14)11(2)3/h6-7,10-12,14,17H,5,8-9H2,1-4H3. The first-order valence-corrected chi connectivity index (χ1v) is 7.21. The highest BCUT2D eigenvalue weighted by atomic mass is 16.5. The van der Waals surface area contributed by atoms with Crippen LogP contribution in [0.3, 0.4) is 0 Å². The molecular weight excluding hydrogens is 238 g/mol. The third-order valence-electron chi connectivity index (χ3n) is 3.95. The van der Waals surface area contributed by atoms with E-state index in [0.29, 0.717) is 12.6 Å². The van der Waals surface area contributed by atoms with Gasteiger partial charge >= 0.3 is 0 Å². The van der Waals surface area contributed by atoms with Crippen molar-refractivity contribution in [2.24, 2.45) is 11.8 Å². The lowest BCUT2D eigenvalue weighted by Gasteiger charge is -2.39. The fourth-order valence-electron chi connectivity index (χ4n) is 2.59. The van der Waals surface area contributed by atoms with E-state index in [1.54, 1.807) is 7.11 Å². The maximum absolute atomic E-state index is 5.52. The summed E-state index contributed by atoms with van der Waals surface area (Å²) in [7, 11) is 1.68. The molecule has 0 unspecified atom stereocenters. The quantitative estimate of drug-likeness (QED) is 0.843. The molecule has 1 aromatic rings. The van der Waals surface area contributed by atoms with Crippen molar-refractivity contribution in [1.29, 1.82) is 0 Å². The summed E-state index contributed by atoms with van der Waals surface area (Å²) in [4.78, 5) is 0. The van der Waals surface area contributed by atoms with E-state index in [-0.39, 0.29) is 0 Å². The van der Waals surface area contributed by atoms with Crippen molar-refractivity contribution in [3.8, 4) is 11.5 Å². The van der Waals surface area contributed by atoms with E-state index < -0.39 is 0 Å². The Kier molecular flexibility index (Phi) is 4.56. The average Bonchev–Trinajstić information content (AvgIpc) is 2.34. The lowest BCUT2D eigenvalue weighted by Crippen LogP contribution is -2.37. The number of hydrogen-bond donors (Lipinski definition) is 1. The van der Waals surface area contributed by atoms with Crippen LogP contribution in [0, 0.1) is 11.8 Å². The zero-order valence-corrected chi connectivity index (χ0v) is 12.4. The molecule has 19 heavy (non-hydrogen) atoms. The minimum Gasteiger partial charge on any atom is -0.493 e. The van der Waals surface area contributed by atoms with Crippen molar-refractivity contribution in [2.75, 3.05) is 19.0 Å². The van der Waals surface area contributed by atoms with Gasteiger partial charge in [0.05, 0.1) is 13.7 Å². The van der Waals surface area contributed by atoms with Gasteiger partial charge in [0, 0.05) is 17.8 Å². The maximum atomic E-state index is 5.52. The molecule has 1 N–H and O–H groups in total. The molecule has 1 saturated carbocycles. The van der Waals surface area contributed by atoms with Crippen LogP contribution >= 0.6 is 0 Å². The van der Waals surface area contributed by atoms with Crippen LogP contribution < -0.4 is 14.8 Å². The number of ether oxygens (including phenoxy) is 2. The topological polar surface area (TPSA) is 30.5 Å². The minimum absolute atomic E-state index is 0.607. The van der Waals surface area contributed by atoms with Crippen molar-refractivity contribution in [2.45, 2.75) is 39.7 Å². The molecular formula is C16H25NO2. The molecule has 0 bridgehead atoms. The number of hydrogen-bond acceptors (Lipinski definition) is 3. The van der Waals surface area contributed by atoms with Gasteiger partial charge in [0.25, 0.3) is 0 Å². The fourth-order valence-corrected chi connectivity index (χ4v) is 2.59. The molecule has 1 fully saturated rings. The zero-order chi connectivity index (χ0) is 13.8. The lowest BCUT2D eigenvalue weighted by molar-refractivity contribution is 0.212. The van der Waals surface area contributed by atoms with Gasteiger partial charge in [-0.2, -0.15) is 0 Å². The molecule has 0 radical (unpaired) electrons. The van der Waals surface area contributed by atoms with Gasteiger partial charge in [0.1, 0.15) is 0 Å². The van der Waals surface area contributed by atoms with E-state index >= 15 is 0 Å². The Balaban J connectivity index is 1.95. The van der Waals surface area contributed by atoms with E-state index in [1.807, 2.05) is 19.1 Å². The zero-order valence-electron chi connectivity index (χ0n) is 12.4. The van der Waals surface area contributed by atoms with Crippen molar-refractivity contribution in [3.05, 3.63) is 18.2 Å². The molecule has 0 heterocycles. The SMILES string of the molecule is CCOc1ccc(NC2CC(C(C)C)C2)cc1OC. The number of nitrogens with one attached hydrogen (secondary N) is 1. The molecule has 0 aliphatic heterocycles. The summed E-state index contributed by atoms with van der Waals surface area (Å²) in [5.41, 5.74) is 1.12. The van der Waals surface area contributed by atoms with Crippen LogP contribution in [-0.2, 0) is 0 Å². The summed E-state index contributed by atoms with van der Waals surface area (Å²) in [6, 6.07) is 6.67. The van der Waals surface area contributed by atoms with Gasteiger partial charge in [0.2, 0.25) is 0 Å². The Labute approximate surface area is 116 Å². The molecule has 0 saturated heterocycles. The molecule has 0 atom stereocenters. The molecule has 2 rings (SSSR count). The number of methoxy groups -OCH3 is 1. The smallest absolute Gasteiger partial charge is 0.162 e. The van der Waals surface area contributed by atoms with Crippen LogP contribution in [0.1, 0.15) is 33.6 Å². The molecule has 3 heteroatoms. The van der Waals surface area contributed by atoms with E-state index in [4.69, 9.17) is 9.47 Å². The second-order valence-electron chi connectivity index (χ2n) is 5.62. The third kappa shape index (κ3) is 3.34. The van der Waals surface area contributed by atoms with Crippen LogP contribution in [0.5, 0.6) is 11.5 Å². The maximum Gasteiger partial charge on any atom is 0.162 e. The molecule has 1 aromatic carbocycles. The number of anilines is 1. The van der Waals surface area contributed by atoms with Crippen molar-refractivity contribution in [1.82, 2.24) is 0 Å². The van der Waals surface area contributed by atoms with Gasteiger partial charge in [-0.1, -0.05) is 13.8 Å². The second kappa shape index (κ2) is 6.18. The average molecular weight is 263 g/mol. The first kappa shape index (κ1) is 14.0. The Morgan fingerprint density at radius 1 is 1.26 bits per heavy atom. The third-order valence-corrected chi connectivity index (χ3v) is 3.95. The van der Waals surface area contributed by atoms with Gasteiger partial charge in [-0.25, -0.2) is 0 Å². The predicted molar refractivity (Wildman–Crippen MR) is 79.1 cm³/mol. The molecule has 0 spiro atoms. The number of benzene rings is 1. The fraction of sp³-hybridized carbons (Fsp3) is 0.625. The highest BCUT2D eigenvalue weighted by Crippen LogP contribution is 2.37. The Morgan fingerprint density at radius 3 is 2.58 bits per heavy atom. The van der Waals surface area contributed by atoms with Gasteiger partial charge in [0.15, 0.2) is 11.5 Å². The summed E-state index contributed by atoms with van der Waals surface area (Å²) >= 11 is 0. The van der Waals surface area contributed by atoms with Crippen molar-refractivity contribution >= 4 is 5.69 Å². The summed E-state index contributed by atoms with van der Waals surface area (Å²) in [6.07, 6.45) is 2.54. The molecule has 1 aliphatic rings. The van der Waals surface area contributed by atoms with Gasteiger partial charge < -0.3 is 14.8 Å². The van der Waals surface area contributed by atoms with E-state index in [9.17, 15) is 0 Å². The second-order valence-corrected chi connectivity index (χ2v) is 5.62. The van der Waals surface area contributed by atoms with Crippen LogP contribution in [0.2, 0.25) is 0 Å². The van der Waals surface area contributed by atoms with E-state index in [2.05, 4.69) is 25.2 Å². The van der Waals surface area contributed by atoms with Crippen LogP contribution in [0.15, 0.2) is 18.2 Å². The van der Waals surface area contributed by atoms with Crippen LogP contribution in [-0.4, -0.2) is 19.8 Å². The summed E-state index contributed by atoms with van der Waals surface area (Å²) in [5, 5.41) is 3.57. The van der Waals surface area contributed by atoms with E-state index in [0.717, 1.165) is 29.0 Å². The minimum atomic E-state index is 0.607. The molecule has 3 nitrogen and oxygen atoms in total. The van der Waals surface area contributed by atoms with Crippen molar-refractivity contribution < 1.29 is 9.47 Å². The first-order valence-electron chi connectivity index (χ1n) is 7.21. The Hall–Kier alpha value is -1.38. The lowest BCUT2D eigenvalue weighted by atomic mass is 9.73. The predicted octanol–water partition coefficient (Wildman–Crippen LogP) is 3.94. The summed E-state index contributed by atoms with van der Waals surface area (Å²) < 4.78 is 10.9. The van der Waals surface area contributed by atoms with Gasteiger partial charge in [-0.15, -0.1) is 0 Å². The Morgan fingerprint density at radius 2 is 2.00 bits per heavy atom. The van der Waals surface area contributed by atoms with Crippen LogP contribution in [0.25, 0.3) is 0 Å². The largest absolute Gasteiger partial charge is 0.493 e. The van der Waals surface area contributed by atoms with Crippen molar-refractivity contribution in [3.63, 3.8) is 0 Å². The number of rotatable bonds is 6. The molecule has 1 aliphatic carbocycles. The summed E-state index contributed by atoms with van der Waals surface area (Å²) in [6.45, 7) is 7.25. The Bertz CT molecular complexity index is 411. The molecule has 0 aromatic heterocycles. The van der Waals surface area contributed by atoms with Crippen LogP contribution in [0.4, 0.5) is 5.69 Å². The van der Waals surface area contributed by atoms with Gasteiger partial charge in [-0.05, 0) is 43.7 Å². The highest BCUT2D eigenvalue weighted by Gasteiger charge is 2.30. The molecule has 106 valence electrons. The van der Waals surface area contributed by atoms with E-state index in [1.165, 1.54) is 12.8 Å². The highest BCUT2D eigenvalue weighted by molar-refractivity contribution is 5.55. The normalized spacial score (nSPS) is 21.9. The summed E-state index contributed by atoms with van der Waals surface area (Å²) in [5.74, 6) is 3.28. The first-order chi connectivity index (χ1) is 9.13. The molecule has 0 amide bonds.